The molecule has 0 radical (unpaired) electrons. The smallest absolute Gasteiger partial charge is 0.258 e. The van der Waals surface area contributed by atoms with Gasteiger partial charge in [0.2, 0.25) is 17.6 Å². The molecule has 4 amide bonds. The number of allylic oxidation sites excluding steroid dienone is 2. The fourth-order valence-corrected chi connectivity index (χ4v) is 8.91. The molecule has 6 atom stereocenters. The maximum atomic E-state index is 15.2. The standard InChI is InChI=1S/C33H23Cl2F5N2O5/c1-2-11-41-28(44)17-8-7-16-18(20(17)29(41)45)12-32(34)30(46)42(27-25(39)23(37)22(36)24(38)26(27)40)31(47)33(32,35)21(16)15-9-10-19(43)14-6-4-3-5-13(14)15/h3-7,9-10,17-18,20-21,43H,2,8,11-12H2,1H3/t17-,18+,20-,21-,32+,33-/m0/s1. The number of carbonyl (C=O) groups is 4. The number of benzene rings is 3. The van der Waals surface area contributed by atoms with Crippen molar-refractivity contribution in [2.75, 3.05) is 11.4 Å². The maximum Gasteiger partial charge on any atom is 0.258 e. The molecule has 2 aliphatic carbocycles. The molecule has 3 aromatic rings. The zero-order valence-electron chi connectivity index (χ0n) is 24.3. The summed E-state index contributed by atoms with van der Waals surface area (Å²) < 4.78 is 73.2. The SMILES string of the molecule is CCCN1C(=O)[C@H]2[C@H](CC=C3[C@H]2C[C@@]2(Cl)C(=O)N(c4c(F)c(F)c(F)c(F)c4F)C(=O)[C@@]2(Cl)[C@H]3c2ccc(O)c3ccccc23)C1=O. The summed E-state index contributed by atoms with van der Waals surface area (Å²) in [7, 11) is 0. The number of carbonyl (C=O) groups excluding carboxylic acids is 4. The van der Waals surface area contributed by atoms with Gasteiger partial charge in [-0.05, 0) is 42.2 Å². The minimum Gasteiger partial charge on any atom is -0.507 e. The Morgan fingerprint density at radius 1 is 0.830 bits per heavy atom. The summed E-state index contributed by atoms with van der Waals surface area (Å²) in [6.45, 7) is 1.92. The molecule has 0 spiro atoms. The molecule has 244 valence electrons. The number of aromatic hydroxyl groups is 1. The number of halogens is 7. The summed E-state index contributed by atoms with van der Waals surface area (Å²) >= 11 is 14.4. The van der Waals surface area contributed by atoms with Crippen molar-refractivity contribution in [3.8, 4) is 5.75 Å². The van der Waals surface area contributed by atoms with E-state index in [9.17, 15) is 37.5 Å². The highest BCUT2D eigenvalue weighted by Crippen LogP contribution is 2.66. The Morgan fingerprint density at radius 2 is 1.45 bits per heavy atom. The van der Waals surface area contributed by atoms with E-state index in [1.54, 1.807) is 37.3 Å². The largest absolute Gasteiger partial charge is 0.507 e. The van der Waals surface area contributed by atoms with Gasteiger partial charge in [0, 0.05) is 17.8 Å². The van der Waals surface area contributed by atoms with Crippen LogP contribution < -0.4 is 4.90 Å². The average molecular weight is 693 g/mol. The van der Waals surface area contributed by atoms with Gasteiger partial charge in [-0.3, -0.25) is 24.1 Å². The van der Waals surface area contributed by atoms with Crippen LogP contribution in [0.4, 0.5) is 27.6 Å². The van der Waals surface area contributed by atoms with Crippen LogP contribution in [0.25, 0.3) is 10.8 Å². The van der Waals surface area contributed by atoms with Crippen LogP contribution in [0.5, 0.6) is 5.75 Å². The normalized spacial score (nSPS) is 30.2. The zero-order chi connectivity index (χ0) is 33.9. The molecular formula is C33H23Cl2F5N2O5. The lowest BCUT2D eigenvalue weighted by molar-refractivity contribution is -0.140. The number of fused-ring (bicyclic) bond motifs is 5. The van der Waals surface area contributed by atoms with Gasteiger partial charge in [0.05, 0.1) is 11.8 Å². The van der Waals surface area contributed by atoms with Crippen molar-refractivity contribution in [1.82, 2.24) is 4.90 Å². The minimum absolute atomic E-state index is 0.0551. The summed E-state index contributed by atoms with van der Waals surface area (Å²) in [6, 6.07) is 9.13. The Kier molecular flexibility index (Phi) is 7.04. The van der Waals surface area contributed by atoms with Gasteiger partial charge in [-0.1, -0.05) is 48.9 Å². The molecular weight excluding hydrogens is 670 g/mol. The van der Waals surface area contributed by atoms with Crippen LogP contribution in [0.3, 0.4) is 0 Å². The van der Waals surface area contributed by atoms with Crippen molar-refractivity contribution in [3.63, 3.8) is 0 Å². The lowest BCUT2D eigenvalue weighted by Crippen LogP contribution is -2.60. The molecule has 7 nitrogen and oxygen atoms in total. The topological polar surface area (TPSA) is 95.0 Å². The molecule has 47 heavy (non-hydrogen) atoms. The molecule has 0 unspecified atom stereocenters. The Balaban J connectivity index is 1.51. The lowest BCUT2D eigenvalue weighted by Gasteiger charge is -2.51. The van der Waals surface area contributed by atoms with Gasteiger partial charge >= 0.3 is 0 Å². The fourth-order valence-electron chi connectivity index (χ4n) is 7.98. The van der Waals surface area contributed by atoms with Crippen molar-refractivity contribution in [2.45, 2.75) is 41.9 Å². The number of anilines is 1. The molecule has 1 saturated carbocycles. The van der Waals surface area contributed by atoms with E-state index in [0.29, 0.717) is 22.8 Å². The highest BCUT2D eigenvalue weighted by molar-refractivity contribution is 6.58. The molecule has 2 aliphatic heterocycles. The summed E-state index contributed by atoms with van der Waals surface area (Å²) in [6.07, 6.45) is 1.59. The number of alkyl halides is 2. The number of likely N-dealkylation sites (tertiary alicyclic amines) is 1. The molecule has 2 heterocycles. The molecule has 0 bridgehead atoms. The van der Waals surface area contributed by atoms with E-state index < -0.39 is 98.2 Å². The molecule has 14 heteroatoms. The van der Waals surface area contributed by atoms with Gasteiger partial charge in [0.1, 0.15) is 11.4 Å². The molecule has 1 N–H and O–H groups in total. The number of rotatable bonds is 4. The van der Waals surface area contributed by atoms with Crippen molar-refractivity contribution < 1.29 is 46.2 Å². The van der Waals surface area contributed by atoms with Crippen molar-refractivity contribution in [3.05, 3.63) is 82.7 Å². The Morgan fingerprint density at radius 3 is 2.09 bits per heavy atom. The number of phenolic OH excluding ortho intramolecular Hbond substituents is 1. The fraction of sp³-hybridized carbons (Fsp3) is 0.333. The second-order valence-corrected chi connectivity index (χ2v) is 13.5. The number of amides is 4. The van der Waals surface area contributed by atoms with Crippen LogP contribution in [0.1, 0.15) is 37.7 Å². The number of phenols is 1. The van der Waals surface area contributed by atoms with Gasteiger partial charge in [-0.15, -0.1) is 23.2 Å². The summed E-state index contributed by atoms with van der Waals surface area (Å²) in [4.78, 5) is 51.5. The Hall–Kier alpha value is -4.03. The third-order valence-corrected chi connectivity index (χ3v) is 11.4. The van der Waals surface area contributed by atoms with Crippen LogP contribution in [-0.2, 0) is 19.2 Å². The molecule has 2 saturated heterocycles. The summed E-state index contributed by atoms with van der Waals surface area (Å²) in [5.74, 6) is -20.7. The quantitative estimate of drug-likeness (QED) is 0.0876. The first kappa shape index (κ1) is 31.6. The van der Waals surface area contributed by atoms with Crippen LogP contribution in [-0.4, -0.2) is 49.9 Å². The lowest BCUT2D eigenvalue weighted by atomic mass is 9.56. The molecule has 7 rings (SSSR count). The number of hydrogen-bond donors (Lipinski definition) is 1. The Bertz CT molecular complexity index is 1980. The van der Waals surface area contributed by atoms with Crippen LogP contribution in [0.15, 0.2) is 48.0 Å². The van der Waals surface area contributed by atoms with Crippen LogP contribution >= 0.6 is 23.2 Å². The van der Waals surface area contributed by atoms with E-state index in [0.717, 1.165) is 4.90 Å². The van der Waals surface area contributed by atoms with Gasteiger partial charge < -0.3 is 5.11 Å². The van der Waals surface area contributed by atoms with E-state index in [1.807, 2.05) is 0 Å². The number of imide groups is 2. The van der Waals surface area contributed by atoms with E-state index in [1.165, 1.54) is 12.1 Å². The monoisotopic (exact) mass is 692 g/mol. The number of nitrogens with zero attached hydrogens (tertiary/aromatic N) is 2. The van der Waals surface area contributed by atoms with Gasteiger partial charge in [-0.25, -0.2) is 26.9 Å². The second kappa shape index (κ2) is 10.5. The third kappa shape index (κ3) is 3.85. The average Bonchev–Trinajstić information content (AvgIpc) is 3.38. The van der Waals surface area contributed by atoms with Crippen LogP contribution in [0, 0.1) is 46.8 Å². The molecule has 3 fully saturated rings. The van der Waals surface area contributed by atoms with Crippen molar-refractivity contribution >= 4 is 63.3 Å². The molecule has 3 aromatic carbocycles. The van der Waals surface area contributed by atoms with Crippen molar-refractivity contribution in [1.29, 1.82) is 0 Å². The van der Waals surface area contributed by atoms with E-state index in [4.69, 9.17) is 23.2 Å². The molecule has 4 aliphatic rings. The van der Waals surface area contributed by atoms with Crippen LogP contribution in [0.2, 0.25) is 0 Å². The van der Waals surface area contributed by atoms with Gasteiger partial charge in [-0.2, -0.15) is 0 Å². The van der Waals surface area contributed by atoms with Gasteiger partial charge in [0.25, 0.3) is 11.8 Å². The number of hydrogen-bond acceptors (Lipinski definition) is 5. The first-order chi connectivity index (χ1) is 22.2. The zero-order valence-corrected chi connectivity index (χ0v) is 25.8. The highest BCUT2D eigenvalue weighted by Gasteiger charge is 2.77. The minimum atomic E-state index is -2.64. The first-order valence-corrected chi connectivity index (χ1v) is 15.5. The first-order valence-electron chi connectivity index (χ1n) is 14.8. The Labute approximate surface area is 273 Å². The summed E-state index contributed by atoms with van der Waals surface area (Å²) in [5, 5.41) is 11.3. The van der Waals surface area contributed by atoms with Gasteiger partial charge in [0.15, 0.2) is 33.0 Å². The second-order valence-electron chi connectivity index (χ2n) is 12.2. The van der Waals surface area contributed by atoms with E-state index >= 15 is 8.78 Å². The molecule has 0 aromatic heterocycles. The van der Waals surface area contributed by atoms with E-state index in [-0.39, 0.29) is 29.2 Å². The maximum absolute atomic E-state index is 15.2. The van der Waals surface area contributed by atoms with Crippen molar-refractivity contribution in [2.24, 2.45) is 17.8 Å². The highest BCUT2D eigenvalue weighted by atomic mass is 35.5. The summed E-state index contributed by atoms with van der Waals surface area (Å²) in [5.41, 5.74) is -1.26. The van der Waals surface area contributed by atoms with E-state index in [2.05, 4.69) is 0 Å². The third-order valence-electron chi connectivity index (χ3n) is 10.0. The predicted octanol–water partition coefficient (Wildman–Crippen LogP) is 6.21. The predicted molar refractivity (Wildman–Crippen MR) is 159 cm³/mol.